The Morgan fingerprint density at radius 2 is 2.28 bits per heavy atom. The van der Waals surface area contributed by atoms with Crippen molar-refractivity contribution in [3.05, 3.63) is 23.4 Å². The molecule has 7 heteroatoms. The minimum atomic E-state index is -0.333. The van der Waals surface area contributed by atoms with Gasteiger partial charge in [0.2, 0.25) is 5.95 Å². The Bertz CT molecular complexity index is 513. The highest BCUT2D eigenvalue weighted by molar-refractivity contribution is 6.30. The van der Waals surface area contributed by atoms with Crippen molar-refractivity contribution in [2.24, 2.45) is 0 Å². The van der Waals surface area contributed by atoms with E-state index in [2.05, 4.69) is 20.7 Å². The summed E-state index contributed by atoms with van der Waals surface area (Å²) < 4.78 is 1.63. The number of fused-ring (bicyclic) bond motifs is 1. The first-order valence-electron chi connectivity index (χ1n) is 5.80. The molecule has 2 aromatic rings. The second-order valence-electron chi connectivity index (χ2n) is 4.07. The Labute approximate surface area is 110 Å². The smallest absolute Gasteiger partial charge is 0.243 e. The van der Waals surface area contributed by atoms with E-state index >= 15 is 0 Å². The highest BCUT2D eigenvalue weighted by atomic mass is 35.5. The molecule has 98 valence electrons. The largest absolute Gasteiger partial charge is 0.392 e. The molecule has 0 aliphatic heterocycles. The van der Waals surface area contributed by atoms with E-state index in [4.69, 9.17) is 16.7 Å². The number of nitrogens with one attached hydrogen (secondary N) is 2. The summed E-state index contributed by atoms with van der Waals surface area (Å²) in [7, 11) is 0. The lowest BCUT2D eigenvalue weighted by Crippen LogP contribution is -2.29. The Balaban J connectivity index is 1.84. The van der Waals surface area contributed by atoms with Crippen LogP contribution in [-0.4, -0.2) is 45.4 Å². The fourth-order valence-electron chi connectivity index (χ4n) is 1.51. The van der Waals surface area contributed by atoms with E-state index < -0.39 is 0 Å². The molecule has 1 atom stereocenters. The second kappa shape index (κ2) is 5.99. The van der Waals surface area contributed by atoms with Gasteiger partial charge in [0.1, 0.15) is 0 Å². The van der Waals surface area contributed by atoms with Gasteiger partial charge < -0.3 is 15.7 Å². The SMILES string of the molecule is CC(O)CNCCNc1nc2ccc(Cl)cn2n1. The molecule has 0 aliphatic rings. The molecule has 0 fully saturated rings. The third-order valence-electron chi connectivity index (χ3n) is 2.32. The summed E-state index contributed by atoms with van der Waals surface area (Å²) in [5.74, 6) is 0.566. The molecule has 0 radical (unpaired) electrons. The van der Waals surface area contributed by atoms with Gasteiger partial charge in [0.05, 0.1) is 11.1 Å². The van der Waals surface area contributed by atoms with Gasteiger partial charge in [0, 0.05) is 25.8 Å². The zero-order chi connectivity index (χ0) is 13.0. The molecule has 18 heavy (non-hydrogen) atoms. The first kappa shape index (κ1) is 13.1. The summed E-state index contributed by atoms with van der Waals surface area (Å²) in [4.78, 5) is 4.29. The van der Waals surface area contributed by atoms with Crippen LogP contribution in [0.15, 0.2) is 18.3 Å². The lowest BCUT2D eigenvalue weighted by molar-refractivity contribution is 0.192. The second-order valence-corrected chi connectivity index (χ2v) is 4.50. The first-order chi connectivity index (χ1) is 8.65. The number of nitrogens with zero attached hydrogens (tertiary/aromatic N) is 3. The predicted molar refractivity (Wildman–Crippen MR) is 71.0 cm³/mol. The van der Waals surface area contributed by atoms with Crippen LogP contribution in [0.1, 0.15) is 6.92 Å². The Morgan fingerprint density at radius 1 is 1.44 bits per heavy atom. The molecule has 0 saturated heterocycles. The average Bonchev–Trinajstić information content (AvgIpc) is 2.70. The van der Waals surface area contributed by atoms with E-state index in [-0.39, 0.29) is 6.10 Å². The van der Waals surface area contributed by atoms with Crippen LogP contribution in [0.4, 0.5) is 5.95 Å². The van der Waals surface area contributed by atoms with Gasteiger partial charge in [0.25, 0.3) is 0 Å². The molecule has 2 aromatic heterocycles. The van der Waals surface area contributed by atoms with Gasteiger partial charge >= 0.3 is 0 Å². The number of hydrogen-bond donors (Lipinski definition) is 3. The third-order valence-corrected chi connectivity index (χ3v) is 2.54. The fraction of sp³-hybridized carbons (Fsp3) is 0.455. The zero-order valence-corrected chi connectivity index (χ0v) is 10.9. The summed E-state index contributed by atoms with van der Waals surface area (Å²) in [5.41, 5.74) is 0.749. The van der Waals surface area contributed by atoms with E-state index in [1.165, 1.54) is 0 Å². The van der Waals surface area contributed by atoms with Crippen molar-refractivity contribution in [2.45, 2.75) is 13.0 Å². The van der Waals surface area contributed by atoms with Crippen molar-refractivity contribution in [2.75, 3.05) is 25.0 Å². The Morgan fingerprint density at radius 3 is 3.06 bits per heavy atom. The summed E-state index contributed by atoms with van der Waals surface area (Å²) in [6, 6.07) is 3.59. The minimum absolute atomic E-state index is 0.333. The molecule has 0 amide bonds. The van der Waals surface area contributed by atoms with Crippen LogP contribution < -0.4 is 10.6 Å². The van der Waals surface area contributed by atoms with Crippen LogP contribution in [0.2, 0.25) is 5.02 Å². The van der Waals surface area contributed by atoms with Crippen molar-refractivity contribution >= 4 is 23.2 Å². The van der Waals surface area contributed by atoms with E-state index in [1.807, 2.05) is 6.07 Å². The molecule has 0 aromatic carbocycles. The summed E-state index contributed by atoms with van der Waals surface area (Å²) in [6.45, 7) is 3.75. The van der Waals surface area contributed by atoms with Crippen molar-refractivity contribution in [3.63, 3.8) is 0 Å². The summed E-state index contributed by atoms with van der Waals surface area (Å²) in [6.07, 6.45) is 1.38. The molecule has 3 N–H and O–H groups in total. The van der Waals surface area contributed by atoms with Crippen molar-refractivity contribution in [1.82, 2.24) is 19.9 Å². The van der Waals surface area contributed by atoms with Crippen LogP contribution in [0, 0.1) is 0 Å². The average molecular weight is 270 g/mol. The van der Waals surface area contributed by atoms with Crippen molar-refractivity contribution < 1.29 is 5.11 Å². The molecular weight excluding hydrogens is 254 g/mol. The van der Waals surface area contributed by atoms with Gasteiger partial charge in [-0.05, 0) is 19.1 Å². The molecule has 0 spiro atoms. The zero-order valence-electron chi connectivity index (χ0n) is 10.1. The maximum atomic E-state index is 9.07. The van der Waals surface area contributed by atoms with Crippen molar-refractivity contribution in [1.29, 1.82) is 0 Å². The standard InChI is InChI=1S/C11H16ClN5O/c1-8(18)6-13-4-5-14-11-15-10-3-2-9(12)7-17(10)16-11/h2-3,7-8,13,18H,4-6H2,1H3,(H,14,16). The molecule has 1 unspecified atom stereocenters. The molecule has 2 heterocycles. The maximum absolute atomic E-state index is 9.07. The minimum Gasteiger partial charge on any atom is -0.392 e. The number of hydrogen-bond acceptors (Lipinski definition) is 5. The van der Waals surface area contributed by atoms with E-state index in [9.17, 15) is 0 Å². The number of halogens is 1. The van der Waals surface area contributed by atoms with Crippen LogP contribution in [0.3, 0.4) is 0 Å². The molecular formula is C11H16ClN5O. The predicted octanol–water partition coefficient (Wildman–Crippen LogP) is 0.765. The third kappa shape index (κ3) is 3.56. The molecule has 6 nitrogen and oxygen atoms in total. The molecule has 0 bridgehead atoms. The maximum Gasteiger partial charge on any atom is 0.243 e. The number of rotatable bonds is 6. The Hall–Kier alpha value is -1.37. The lowest BCUT2D eigenvalue weighted by atomic mass is 10.4. The summed E-state index contributed by atoms with van der Waals surface area (Å²) >= 11 is 5.86. The number of aliphatic hydroxyl groups is 1. The highest BCUT2D eigenvalue weighted by Crippen LogP contribution is 2.10. The number of aromatic nitrogens is 3. The summed E-state index contributed by atoms with van der Waals surface area (Å²) in [5, 5.41) is 20.1. The van der Waals surface area contributed by atoms with Gasteiger partial charge in [-0.2, -0.15) is 4.98 Å². The Kier molecular flexibility index (Phi) is 4.35. The first-order valence-corrected chi connectivity index (χ1v) is 6.17. The van der Waals surface area contributed by atoms with Crippen molar-refractivity contribution in [3.8, 4) is 0 Å². The lowest BCUT2D eigenvalue weighted by Gasteiger charge is -2.06. The number of anilines is 1. The van der Waals surface area contributed by atoms with Crippen LogP contribution in [-0.2, 0) is 0 Å². The fourth-order valence-corrected chi connectivity index (χ4v) is 1.66. The van der Waals surface area contributed by atoms with E-state index in [0.717, 1.165) is 12.2 Å². The molecule has 2 rings (SSSR count). The van der Waals surface area contributed by atoms with E-state index in [1.54, 1.807) is 23.7 Å². The quantitative estimate of drug-likeness (QED) is 0.676. The van der Waals surface area contributed by atoms with Gasteiger partial charge in [0.15, 0.2) is 5.65 Å². The van der Waals surface area contributed by atoms with Gasteiger partial charge in [-0.1, -0.05) is 11.6 Å². The normalized spacial score (nSPS) is 12.8. The van der Waals surface area contributed by atoms with Crippen LogP contribution >= 0.6 is 11.6 Å². The monoisotopic (exact) mass is 269 g/mol. The van der Waals surface area contributed by atoms with Gasteiger partial charge in [-0.15, -0.1) is 5.10 Å². The molecule has 0 saturated carbocycles. The highest BCUT2D eigenvalue weighted by Gasteiger charge is 2.02. The topological polar surface area (TPSA) is 74.5 Å². The van der Waals surface area contributed by atoms with E-state index in [0.29, 0.717) is 24.1 Å². The number of pyridine rings is 1. The van der Waals surface area contributed by atoms with Crippen LogP contribution in [0.25, 0.3) is 5.65 Å². The van der Waals surface area contributed by atoms with Crippen LogP contribution in [0.5, 0.6) is 0 Å². The van der Waals surface area contributed by atoms with Gasteiger partial charge in [-0.3, -0.25) is 0 Å². The van der Waals surface area contributed by atoms with Gasteiger partial charge in [-0.25, -0.2) is 4.52 Å². The number of aliphatic hydroxyl groups excluding tert-OH is 1. The molecule has 0 aliphatic carbocycles.